The van der Waals surface area contributed by atoms with E-state index in [1.165, 1.54) is 40.8 Å². The van der Waals surface area contributed by atoms with Crippen LogP contribution in [0.15, 0.2) is 48.2 Å². The molecule has 0 aromatic heterocycles. The Balaban J connectivity index is 0.00000111. The van der Waals surface area contributed by atoms with Crippen LogP contribution in [0, 0.1) is 0 Å². The Morgan fingerprint density at radius 2 is 1.04 bits per heavy atom. The van der Waals surface area contributed by atoms with Crippen molar-refractivity contribution in [3.8, 4) is 0 Å². The van der Waals surface area contributed by atoms with Crippen molar-refractivity contribution in [3.63, 3.8) is 0 Å². The molecule has 3 rings (SSSR count). The number of benzene rings is 2. The number of hydrogen-bond donors (Lipinski definition) is 1. The van der Waals surface area contributed by atoms with Crippen LogP contribution in [0.3, 0.4) is 0 Å². The molecule has 1 fully saturated rings. The van der Waals surface area contributed by atoms with E-state index in [2.05, 4.69) is 156 Å². The van der Waals surface area contributed by atoms with E-state index >= 15 is 0 Å². The molecule has 254 valence electrons. The maximum atomic E-state index is 5.10. The monoisotopic (exact) mass is 738 g/mol. The Kier molecular flexibility index (Phi) is 21.3. The molecule has 1 aliphatic heterocycles. The molecule has 0 saturated carbocycles. The normalized spacial score (nSPS) is 14.2. The van der Waals surface area contributed by atoms with Crippen LogP contribution in [-0.2, 0) is 4.74 Å². The SMILES string of the molecule is C1CCOC1.CC(/C=C(/C)[N-]c1c(C(C)C)cccc1C(C)C)=[NH+]c1c(C(C)C)cccc1C(C)C.C[Si](C)(C)[N-][Si](C)(C)C.[Sr+2]. The van der Waals surface area contributed by atoms with Crippen LogP contribution in [0.25, 0.3) is 9.96 Å². The van der Waals surface area contributed by atoms with Gasteiger partial charge in [-0.1, -0.05) is 166 Å². The maximum absolute atomic E-state index is 5.10. The summed E-state index contributed by atoms with van der Waals surface area (Å²) >= 11 is 0. The second-order valence-electron chi connectivity index (χ2n) is 15.7. The van der Waals surface area contributed by atoms with Gasteiger partial charge in [0.2, 0.25) is 5.69 Å². The first-order chi connectivity index (χ1) is 20.7. The van der Waals surface area contributed by atoms with Gasteiger partial charge in [-0.25, -0.2) is 4.99 Å². The molecule has 1 heterocycles. The molecule has 0 bridgehead atoms. The summed E-state index contributed by atoms with van der Waals surface area (Å²) in [6, 6.07) is 13.2. The minimum Gasteiger partial charge on any atom is -0.668 e. The van der Waals surface area contributed by atoms with Gasteiger partial charge in [-0.05, 0) is 42.6 Å². The molecule has 4 nitrogen and oxygen atoms in total. The van der Waals surface area contributed by atoms with Gasteiger partial charge in [0.05, 0.1) is 0 Å². The van der Waals surface area contributed by atoms with Crippen molar-refractivity contribution < 1.29 is 9.73 Å². The van der Waals surface area contributed by atoms with Crippen LogP contribution < -0.4 is 4.99 Å². The summed E-state index contributed by atoms with van der Waals surface area (Å²) in [7, 11) is -2.21. The minimum absolute atomic E-state index is 0. The van der Waals surface area contributed by atoms with E-state index in [4.69, 9.17) is 14.7 Å². The van der Waals surface area contributed by atoms with Crippen molar-refractivity contribution >= 4 is 79.0 Å². The zero-order valence-corrected chi connectivity index (χ0v) is 38.2. The number of hydrogen-bond acceptors (Lipinski definition) is 1. The second kappa shape index (κ2) is 21.5. The molecule has 0 amide bonds. The average Bonchev–Trinajstić information content (AvgIpc) is 3.47. The molecule has 46 heavy (non-hydrogen) atoms. The van der Waals surface area contributed by atoms with Crippen molar-refractivity contribution in [1.29, 1.82) is 0 Å². The molecule has 2 aromatic rings. The summed E-state index contributed by atoms with van der Waals surface area (Å²) in [5.74, 6) is 1.82. The Hall–Kier alpha value is -0.516. The molecule has 0 atom stereocenters. The van der Waals surface area contributed by atoms with Gasteiger partial charge in [-0.2, -0.15) is 5.70 Å². The zero-order valence-electron chi connectivity index (χ0n) is 32.7. The number of para-hydroxylation sites is 2. The van der Waals surface area contributed by atoms with Gasteiger partial charge in [0, 0.05) is 31.3 Å². The third-order valence-electron chi connectivity index (χ3n) is 7.25. The Bertz CT molecular complexity index is 1160. The van der Waals surface area contributed by atoms with E-state index in [0.717, 1.165) is 30.3 Å². The van der Waals surface area contributed by atoms with Crippen molar-refractivity contribution in [2.75, 3.05) is 13.2 Å². The smallest absolute Gasteiger partial charge is 0.668 e. The van der Waals surface area contributed by atoms with Gasteiger partial charge in [0.1, 0.15) is 0 Å². The molecule has 0 radical (unpaired) electrons. The van der Waals surface area contributed by atoms with Gasteiger partial charge >= 0.3 is 45.5 Å². The first-order valence-electron chi connectivity index (χ1n) is 17.3. The summed E-state index contributed by atoms with van der Waals surface area (Å²) < 4.78 is 9.76. The number of nitrogens with zero attached hydrogens (tertiary/aromatic N) is 2. The molecule has 0 unspecified atom stereocenters. The number of allylic oxidation sites excluding steroid dienone is 2. The fourth-order valence-electron chi connectivity index (χ4n) is 5.61. The Morgan fingerprint density at radius 3 is 1.33 bits per heavy atom. The van der Waals surface area contributed by atoms with E-state index in [0.29, 0.717) is 23.7 Å². The maximum Gasteiger partial charge on any atom is 2.00 e. The van der Waals surface area contributed by atoms with E-state index < -0.39 is 16.5 Å². The summed E-state index contributed by atoms with van der Waals surface area (Å²) in [6.07, 6.45) is 4.72. The zero-order chi connectivity index (χ0) is 34.5. The van der Waals surface area contributed by atoms with E-state index in [1.54, 1.807) is 0 Å². The second-order valence-corrected chi connectivity index (χ2v) is 25.3. The topological polar surface area (TPSA) is 51.4 Å². The van der Waals surface area contributed by atoms with Gasteiger partial charge in [-0.15, -0.1) is 5.69 Å². The molecular formula is C39H68N3OSi2Sr+. The van der Waals surface area contributed by atoms with Crippen LogP contribution in [0.2, 0.25) is 39.3 Å². The summed E-state index contributed by atoms with van der Waals surface area (Å²) in [4.78, 5) is 3.71. The number of rotatable bonds is 10. The molecule has 0 aliphatic carbocycles. The van der Waals surface area contributed by atoms with E-state index in [-0.39, 0.29) is 45.5 Å². The fraction of sp³-hybridized carbons (Fsp3) is 0.615. The molecule has 7 heteroatoms. The van der Waals surface area contributed by atoms with Crippen LogP contribution in [0.4, 0.5) is 11.4 Å². The van der Waals surface area contributed by atoms with Crippen molar-refractivity contribution in [1.82, 2.24) is 0 Å². The fourth-order valence-corrected chi connectivity index (χ4v) is 13.7. The Morgan fingerprint density at radius 1 is 0.674 bits per heavy atom. The largest absolute Gasteiger partial charge is 2.00 e. The summed E-state index contributed by atoms with van der Waals surface area (Å²) in [5.41, 5.74) is 9.88. The first kappa shape index (κ1) is 45.5. The van der Waals surface area contributed by atoms with Crippen LogP contribution >= 0.6 is 0 Å². The molecule has 0 spiro atoms. The van der Waals surface area contributed by atoms with Crippen LogP contribution in [0.5, 0.6) is 0 Å². The number of ether oxygens (including phenoxy) is 1. The van der Waals surface area contributed by atoms with Gasteiger partial charge in [0.25, 0.3) is 0 Å². The van der Waals surface area contributed by atoms with Gasteiger partial charge in [0.15, 0.2) is 5.71 Å². The third-order valence-corrected chi connectivity index (χ3v) is 12.6. The van der Waals surface area contributed by atoms with E-state index in [1.807, 2.05) is 0 Å². The number of nitrogens with one attached hydrogen (secondary N) is 1. The van der Waals surface area contributed by atoms with Crippen molar-refractivity contribution in [3.05, 3.63) is 80.4 Å². The van der Waals surface area contributed by atoms with Gasteiger partial charge in [-0.3, -0.25) is 0 Å². The predicted octanol–water partition coefficient (Wildman–Crippen LogP) is 11.4. The summed E-state index contributed by atoms with van der Waals surface area (Å²) in [6.45, 7) is 38.0. The van der Waals surface area contributed by atoms with Crippen LogP contribution in [-0.4, -0.2) is 80.9 Å². The molecule has 1 aliphatic rings. The Labute approximate surface area is 324 Å². The summed E-state index contributed by atoms with van der Waals surface area (Å²) in [5, 5.41) is 5.10. The van der Waals surface area contributed by atoms with Gasteiger partial charge < -0.3 is 14.7 Å². The van der Waals surface area contributed by atoms with Crippen molar-refractivity contribution in [2.45, 2.75) is 145 Å². The third kappa shape index (κ3) is 17.8. The van der Waals surface area contributed by atoms with E-state index in [9.17, 15) is 0 Å². The first-order valence-corrected chi connectivity index (χ1v) is 24.2. The molecule has 1 saturated heterocycles. The standard InChI is InChI=1S/C29H41N2.C6H18NSi2.C4H8O.Sr/c1-18(2)24-13-11-14-25(19(3)4)28(24)30-22(9)17-23(10)31-29-26(20(5)6)15-12-16-27(29)21(7)8;1-8(2,3)7-9(4,5)6;1-2-4-5-3-1;/h11-21H,1-10H3;1-6H3;1-4H2;/q2*-1;;+2/p+1/b22-17-,31-23?;;;. The van der Waals surface area contributed by atoms with Crippen LogP contribution in [0.1, 0.15) is 128 Å². The predicted molar refractivity (Wildman–Crippen MR) is 213 cm³/mol. The van der Waals surface area contributed by atoms with Crippen molar-refractivity contribution in [2.24, 2.45) is 0 Å². The minimum atomic E-state index is -1.11. The molecule has 2 aromatic carbocycles. The molecule has 1 N–H and O–H groups in total. The molecular weight excluding hydrogens is 670 g/mol. The quantitative estimate of drug-likeness (QED) is 0.192. The average molecular weight is 739 g/mol.